The number of aliphatic hydroxyl groups is 1. The summed E-state index contributed by atoms with van der Waals surface area (Å²) in [7, 11) is 0. The monoisotopic (exact) mass is 206 g/mol. The van der Waals surface area contributed by atoms with E-state index in [1.807, 2.05) is 24.3 Å². The molecule has 0 aromatic heterocycles. The summed E-state index contributed by atoms with van der Waals surface area (Å²) in [6.45, 7) is 2.45. The van der Waals surface area contributed by atoms with Crippen LogP contribution >= 0.6 is 0 Å². The summed E-state index contributed by atoms with van der Waals surface area (Å²) >= 11 is 0. The third-order valence-corrected chi connectivity index (χ3v) is 3.07. The first-order chi connectivity index (χ1) is 7.31. The second-order valence-electron chi connectivity index (χ2n) is 4.15. The maximum absolute atomic E-state index is 10.2. The Hall–Kier alpha value is -0.900. The third-order valence-electron chi connectivity index (χ3n) is 3.07. The van der Waals surface area contributed by atoms with Crippen molar-refractivity contribution in [1.82, 2.24) is 5.32 Å². The summed E-state index contributed by atoms with van der Waals surface area (Å²) in [6, 6.07) is 7.93. The molecule has 1 aliphatic rings. The molecule has 15 heavy (non-hydrogen) atoms. The molecule has 2 atom stereocenters. The predicted octanol–water partition coefficient (Wildman–Crippen LogP) is 0.788. The van der Waals surface area contributed by atoms with Gasteiger partial charge in [-0.1, -0.05) is 24.3 Å². The van der Waals surface area contributed by atoms with E-state index in [0.29, 0.717) is 12.5 Å². The molecule has 3 heteroatoms. The standard InChI is InChI=1S/C12H18N2O/c13-7-9-2-1-3-10(6-9)12(15)11-4-5-14-8-11/h1-3,6,11-12,14-15H,4-5,7-8,13H2. The van der Waals surface area contributed by atoms with Crippen LogP contribution < -0.4 is 11.1 Å². The lowest BCUT2D eigenvalue weighted by atomic mass is 9.94. The Bertz CT molecular complexity index is 321. The molecule has 0 bridgehead atoms. The van der Waals surface area contributed by atoms with Gasteiger partial charge in [0.25, 0.3) is 0 Å². The molecule has 82 valence electrons. The fourth-order valence-corrected chi connectivity index (χ4v) is 2.12. The van der Waals surface area contributed by atoms with Crippen molar-refractivity contribution in [3.8, 4) is 0 Å². The highest BCUT2D eigenvalue weighted by Gasteiger charge is 2.24. The Morgan fingerprint density at radius 3 is 3.07 bits per heavy atom. The minimum atomic E-state index is -0.355. The number of rotatable bonds is 3. The summed E-state index contributed by atoms with van der Waals surface area (Å²) in [5.41, 5.74) is 7.65. The summed E-state index contributed by atoms with van der Waals surface area (Å²) in [6.07, 6.45) is 0.695. The zero-order valence-corrected chi connectivity index (χ0v) is 8.82. The van der Waals surface area contributed by atoms with Crippen LogP contribution in [-0.4, -0.2) is 18.2 Å². The second-order valence-corrected chi connectivity index (χ2v) is 4.15. The van der Waals surface area contributed by atoms with Gasteiger partial charge in [0.1, 0.15) is 0 Å². The molecule has 0 aliphatic carbocycles. The molecule has 0 amide bonds. The molecule has 0 saturated carbocycles. The van der Waals surface area contributed by atoms with Crippen LogP contribution in [0.3, 0.4) is 0 Å². The van der Waals surface area contributed by atoms with Gasteiger partial charge in [0, 0.05) is 19.0 Å². The van der Waals surface area contributed by atoms with E-state index in [1.54, 1.807) is 0 Å². The number of benzene rings is 1. The van der Waals surface area contributed by atoms with E-state index in [0.717, 1.165) is 30.6 Å². The van der Waals surface area contributed by atoms with Gasteiger partial charge in [0.05, 0.1) is 6.10 Å². The molecular formula is C12H18N2O. The van der Waals surface area contributed by atoms with Gasteiger partial charge < -0.3 is 16.2 Å². The smallest absolute Gasteiger partial charge is 0.0830 e. The van der Waals surface area contributed by atoms with E-state index in [2.05, 4.69) is 5.32 Å². The molecule has 4 N–H and O–H groups in total. The maximum atomic E-state index is 10.2. The minimum Gasteiger partial charge on any atom is -0.388 e. The molecule has 0 spiro atoms. The van der Waals surface area contributed by atoms with Crippen LogP contribution in [0, 0.1) is 5.92 Å². The number of nitrogens with one attached hydrogen (secondary N) is 1. The highest BCUT2D eigenvalue weighted by molar-refractivity contribution is 5.25. The van der Waals surface area contributed by atoms with Crippen LogP contribution in [0.15, 0.2) is 24.3 Å². The lowest BCUT2D eigenvalue weighted by Crippen LogP contribution is -2.16. The number of hydrogen-bond acceptors (Lipinski definition) is 3. The zero-order valence-electron chi connectivity index (χ0n) is 8.82. The van der Waals surface area contributed by atoms with Crippen molar-refractivity contribution in [1.29, 1.82) is 0 Å². The molecule has 2 rings (SSSR count). The molecule has 1 aromatic carbocycles. The quantitative estimate of drug-likeness (QED) is 0.685. The molecule has 3 nitrogen and oxygen atoms in total. The fourth-order valence-electron chi connectivity index (χ4n) is 2.12. The topological polar surface area (TPSA) is 58.3 Å². The third kappa shape index (κ3) is 2.37. The lowest BCUT2D eigenvalue weighted by Gasteiger charge is -2.17. The van der Waals surface area contributed by atoms with Gasteiger partial charge >= 0.3 is 0 Å². The maximum Gasteiger partial charge on any atom is 0.0830 e. The van der Waals surface area contributed by atoms with Gasteiger partial charge in [-0.05, 0) is 24.1 Å². The Kier molecular flexibility index (Phi) is 3.36. The zero-order chi connectivity index (χ0) is 10.7. The molecule has 1 aromatic rings. The van der Waals surface area contributed by atoms with E-state index in [4.69, 9.17) is 5.73 Å². The minimum absolute atomic E-state index is 0.345. The first-order valence-electron chi connectivity index (χ1n) is 5.49. The summed E-state index contributed by atoms with van der Waals surface area (Å²) in [5, 5.41) is 13.4. The second kappa shape index (κ2) is 4.75. The first-order valence-corrected chi connectivity index (χ1v) is 5.49. The van der Waals surface area contributed by atoms with E-state index >= 15 is 0 Å². The van der Waals surface area contributed by atoms with Crippen LogP contribution in [0.25, 0.3) is 0 Å². The number of hydrogen-bond donors (Lipinski definition) is 3. The Morgan fingerprint density at radius 2 is 2.40 bits per heavy atom. The summed E-state index contributed by atoms with van der Waals surface area (Å²) in [5.74, 6) is 0.345. The Morgan fingerprint density at radius 1 is 1.53 bits per heavy atom. The average Bonchev–Trinajstić information content (AvgIpc) is 2.81. The van der Waals surface area contributed by atoms with Crippen molar-refractivity contribution in [2.24, 2.45) is 11.7 Å². The van der Waals surface area contributed by atoms with Gasteiger partial charge in [0.2, 0.25) is 0 Å². The van der Waals surface area contributed by atoms with Crippen molar-refractivity contribution in [2.45, 2.75) is 19.1 Å². The van der Waals surface area contributed by atoms with Crippen LogP contribution in [0.4, 0.5) is 0 Å². The Labute approximate surface area is 90.3 Å². The van der Waals surface area contributed by atoms with Crippen molar-refractivity contribution < 1.29 is 5.11 Å². The molecule has 2 unspecified atom stereocenters. The highest BCUT2D eigenvalue weighted by Crippen LogP contribution is 2.26. The molecule has 1 saturated heterocycles. The van der Waals surface area contributed by atoms with E-state index in [9.17, 15) is 5.11 Å². The van der Waals surface area contributed by atoms with Crippen LogP contribution in [0.5, 0.6) is 0 Å². The van der Waals surface area contributed by atoms with Crippen molar-refractivity contribution in [2.75, 3.05) is 13.1 Å². The molecule has 0 radical (unpaired) electrons. The lowest BCUT2D eigenvalue weighted by molar-refractivity contribution is 0.118. The average molecular weight is 206 g/mol. The molecular weight excluding hydrogens is 188 g/mol. The fraction of sp³-hybridized carbons (Fsp3) is 0.500. The predicted molar refractivity (Wildman–Crippen MR) is 60.3 cm³/mol. The van der Waals surface area contributed by atoms with Crippen LogP contribution in [-0.2, 0) is 6.54 Å². The Balaban J connectivity index is 2.13. The molecule has 1 aliphatic heterocycles. The van der Waals surface area contributed by atoms with Crippen molar-refractivity contribution >= 4 is 0 Å². The van der Waals surface area contributed by atoms with Crippen molar-refractivity contribution in [3.05, 3.63) is 35.4 Å². The highest BCUT2D eigenvalue weighted by atomic mass is 16.3. The van der Waals surface area contributed by atoms with Gasteiger partial charge in [0.15, 0.2) is 0 Å². The van der Waals surface area contributed by atoms with Gasteiger partial charge in [-0.25, -0.2) is 0 Å². The number of nitrogens with two attached hydrogens (primary N) is 1. The first kappa shape index (κ1) is 10.6. The largest absolute Gasteiger partial charge is 0.388 e. The molecule has 1 heterocycles. The van der Waals surface area contributed by atoms with E-state index < -0.39 is 0 Å². The summed E-state index contributed by atoms with van der Waals surface area (Å²) < 4.78 is 0. The number of aliphatic hydroxyl groups excluding tert-OH is 1. The van der Waals surface area contributed by atoms with Gasteiger partial charge in [-0.15, -0.1) is 0 Å². The molecule has 1 fully saturated rings. The van der Waals surface area contributed by atoms with E-state index in [-0.39, 0.29) is 6.10 Å². The SMILES string of the molecule is NCc1cccc(C(O)C2CCNC2)c1. The van der Waals surface area contributed by atoms with Gasteiger partial charge in [-0.3, -0.25) is 0 Å². The van der Waals surface area contributed by atoms with Crippen LogP contribution in [0.2, 0.25) is 0 Å². The summed E-state index contributed by atoms with van der Waals surface area (Å²) in [4.78, 5) is 0. The van der Waals surface area contributed by atoms with Crippen LogP contribution in [0.1, 0.15) is 23.7 Å². The van der Waals surface area contributed by atoms with Gasteiger partial charge in [-0.2, -0.15) is 0 Å². The van der Waals surface area contributed by atoms with E-state index in [1.165, 1.54) is 0 Å². The normalized spacial score (nSPS) is 22.9. The van der Waals surface area contributed by atoms with Crippen molar-refractivity contribution in [3.63, 3.8) is 0 Å².